The van der Waals surface area contributed by atoms with Gasteiger partial charge >= 0.3 is 6.18 Å². The van der Waals surface area contributed by atoms with Crippen molar-refractivity contribution in [3.05, 3.63) is 35.4 Å². The molecule has 2 N–H and O–H groups in total. The second kappa shape index (κ2) is 9.42. The number of halogens is 3. The van der Waals surface area contributed by atoms with Gasteiger partial charge in [-0.05, 0) is 37.0 Å². The first-order valence-electron chi connectivity index (χ1n) is 7.84. The predicted octanol–water partition coefficient (Wildman–Crippen LogP) is 3.20. The Hall–Kier alpha value is -1.60. The summed E-state index contributed by atoms with van der Waals surface area (Å²) >= 11 is 0. The van der Waals surface area contributed by atoms with Crippen molar-refractivity contribution in [1.82, 2.24) is 0 Å². The molecule has 0 atom stereocenters. The van der Waals surface area contributed by atoms with Gasteiger partial charge in [-0.25, -0.2) is 0 Å². The van der Waals surface area contributed by atoms with Crippen molar-refractivity contribution >= 4 is 5.71 Å². The maximum Gasteiger partial charge on any atom is 0.416 e. The van der Waals surface area contributed by atoms with E-state index in [1.54, 1.807) is 7.11 Å². The topological polar surface area (TPSA) is 56.8 Å². The van der Waals surface area contributed by atoms with Crippen molar-refractivity contribution in [2.45, 2.75) is 25.4 Å². The van der Waals surface area contributed by atoms with E-state index in [2.05, 4.69) is 5.16 Å². The molecule has 0 amide bonds. The number of unbranched alkanes of at least 4 members (excludes halogenated alkanes) is 1. The summed E-state index contributed by atoms with van der Waals surface area (Å²) < 4.78 is 56.7. The zero-order valence-corrected chi connectivity index (χ0v) is 12.4. The van der Waals surface area contributed by atoms with E-state index in [0.29, 0.717) is 30.0 Å². The highest BCUT2D eigenvalue weighted by Gasteiger charge is 2.30. The summed E-state index contributed by atoms with van der Waals surface area (Å²) in [4.78, 5) is 5.07. The Morgan fingerprint density at radius 1 is 1.23 bits per heavy atom. The molecule has 124 valence electrons. The number of ether oxygens (including phenoxy) is 1. The van der Waals surface area contributed by atoms with Crippen LogP contribution in [0.4, 0.5) is 13.2 Å². The van der Waals surface area contributed by atoms with E-state index in [9.17, 15) is 13.2 Å². The highest BCUT2D eigenvalue weighted by Crippen LogP contribution is 2.29. The molecule has 0 aliphatic rings. The van der Waals surface area contributed by atoms with Gasteiger partial charge in [0.1, 0.15) is 9.43 Å². The highest BCUT2D eigenvalue weighted by molar-refractivity contribution is 6.00. The van der Waals surface area contributed by atoms with E-state index < -0.39 is 11.7 Å². The van der Waals surface area contributed by atoms with Crippen LogP contribution in [0.5, 0.6) is 0 Å². The third-order valence-electron chi connectivity index (χ3n) is 2.91. The summed E-state index contributed by atoms with van der Waals surface area (Å²) in [7, 11) is 1.60. The average Bonchev–Trinajstić information content (AvgIpc) is 2.52. The molecule has 0 radical (unpaired) electrons. The number of nitrogens with zero attached hydrogens (tertiary/aromatic N) is 1. The Kier molecular flexibility index (Phi) is 6.55. The number of nitrogens with two attached hydrogens (primary N) is 1. The SMILES string of the molecule is [2H]N([2H])CCON=C(CCCCOC)c1ccc(C(F)(F)F)cc1. The molecule has 0 aliphatic carbocycles. The van der Waals surface area contributed by atoms with E-state index in [4.69, 9.17) is 12.4 Å². The Balaban J connectivity index is 2.76. The van der Waals surface area contributed by atoms with Crippen LogP contribution < -0.4 is 5.72 Å². The van der Waals surface area contributed by atoms with Crippen molar-refractivity contribution < 1.29 is 25.6 Å². The predicted molar refractivity (Wildman–Crippen MR) is 78.7 cm³/mol. The summed E-state index contributed by atoms with van der Waals surface area (Å²) in [6.45, 7) is 0.691. The lowest BCUT2D eigenvalue weighted by Gasteiger charge is -2.10. The minimum absolute atomic E-state index is 0.0491. The zero-order valence-electron chi connectivity index (χ0n) is 14.4. The van der Waals surface area contributed by atoms with E-state index in [1.165, 1.54) is 12.1 Å². The number of rotatable bonds is 10. The maximum atomic E-state index is 12.6. The van der Waals surface area contributed by atoms with Crippen LogP contribution in [0.3, 0.4) is 0 Å². The largest absolute Gasteiger partial charge is 0.416 e. The number of benzene rings is 1. The molecule has 7 heteroatoms. The molecule has 0 heterocycles. The molecule has 0 fully saturated rings. The fraction of sp³-hybridized carbons (Fsp3) is 0.533. The first-order valence-corrected chi connectivity index (χ1v) is 6.95. The van der Waals surface area contributed by atoms with Crippen LogP contribution in [-0.4, -0.2) is 32.6 Å². The molecule has 0 saturated carbocycles. The normalized spacial score (nSPS) is 14.0. The van der Waals surface area contributed by atoms with E-state index in [1.807, 2.05) is 0 Å². The van der Waals surface area contributed by atoms with Crippen molar-refractivity contribution in [3.63, 3.8) is 0 Å². The van der Waals surface area contributed by atoms with Crippen molar-refractivity contribution in [2.24, 2.45) is 10.9 Å². The Morgan fingerprint density at radius 3 is 2.55 bits per heavy atom. The third-order valence-corrected chi connectivity index (χ3v) is 2.91. The van der Waals surface area contributed by atoms with E-state index in [-0.39, 0.29) is 13.2 Å². The lowest BCUT2D eigenvalue weighted by atomic mass is 10.0. The molecule has 0 spiro atoms. The van der Waals surface area contributed by atoms with Gasteiger partial charge in [0.25, 0.3) is 0 Å². The van der Waals surface area contributed by atoms with E-state index >= 15 is 0 Å². The first-order chi connectivity index (χ1) is 11.3. The average molecular weight is 320 g/mol. The van der Waals surface area contributed by atoms with Crippen LogP contribution in [-0.2, 0) is 15.8 Å². The zero-order chi connectivity index (χ0) is 18.0. The van der Waals surface area contributed by atoms with Gasteiger partial charge in [-0.15, -0.1) is 0 Å². The third kappa shape index (κ3) is 6.44. The van der Waals surface area contributed by atoms with Gasteiger partial charge < -0.3 is 15.3 Å². The molecule has 22 heavy (non-hydrogen) atoms. The van der Waals surface area contributed by atoms with Crippen LogP contribution in [0, 0.1) is 0 Å². The molecule has 0 aromatic heterocycles. The summed E-state index contributed by atoms with van der Waals surface area (Å²) in [6, 6.07) is 4.75. The van der Waals surface area contributed by atoms with Crippen molar-refractivity contribution in [2.75, 3.05) is 26.9 Å². The number of alkyl halides is 3. The van der Waals surface area contributed by atoms with Crippen molar-refractivity contribution in [3.8, 4) is 0 Å². The Morgan fingerprint density at radius 2 is 1.95 bits per heavy atom. The molecule has 1 aromatic carbocycles. The Labute approximate surface area is 131 Å². The van der Waals surface area contributed by atoms with E-state index in [0.717, 1.165) is 25.0 Å². The number of hydrogen-bond acceptors (Lipinski definition) is 4. The quantitative estimate of drug-likeness (QED) is 0.409. The maximum absolute atomic E-state index is 12.6. The van der Waals surface area contributed by atoms with Gasteiger partial charge in [0.15, 0.2) is 0 Å². The van der Waals surface area contributed by atoms with Crippen LogP contribution in [0.1, 0.15) is 30.4 Å². The second-order valence-electron chi connectivity index (χ2n) is 4.62. The summed E-state index contributed by atoms with van der Waals surface area (Å²) in [5.41, 5.74) is 0.826. The molecule has 0 bridgehead atoms. The summed E-state index contributed by atoms with van der Waals surface area (Å²) in [6.07, 6.45) is -2.31. The molecule has 1 rings (SSSR count). The standard InChI is InChI=1S/C15H21F3N2O2/c1-21-10-3-2-4-14(20-22-11-9-19)12-5-7-13(8-6-12)15(16,17)18/h5-8H,2-4,9-11,19H2,1H3/i/hD2. The fourth-order valence-corrected chi connectivity index (χ4v) is 1.80. The smallest absolute Gasteiger partial charge is 0.394 e. The number of oxime groups is 1. The molecule has 0 saturated heterocycles. The molecular weight excluding hydrogens is 297 g/mol. The summed E-state index contributed by atoms with van der Waals surface area (Å²) in [5.74, 6) is 0. The minimum atomic E-state index is -4.38. The van der Waals surface area contributed by atoms with Crippen LogP contribution >= 0.6 is 0 Å². The molecule has 1 aromatic rings. The van der Waals surface area contributed by atoms with Gasteiger partial charge in [-0.3, -0.25) is 0 Å². The lowest BCUT2D eigenvalue weighted by molar-refractivity contribution is -0.137. The second-order valence-corrected chi connectivity index (χ2v) is 4.62. The lowest BCUT2D eigenvalue weighted by Crippen LogP contribution is -2.09. The van der Waals surface area contributed by atoms with Crippen molar-refractivity contribution in [1.29, 1.82) is 0 Å². The molecule has 0 aliphatic heterocycles. The van der Waals surface area contributed by atoms with Gasteiger partial charge in [0.2, 0.25) is 0 Å². The number of hydrogen-bond donors (Lipinski definition) is 1. The fourth-order valence-electron chi connectivity index (χ4n) is 1.80. The minimum Gasteiger partial charge on any atom is -0.394 e. The van der Waals surface area contributed by atoms with Gasteiger partial charge in [-0.1, -0.05) is 17.3 Å². The highest BCUT2D eigenvalue weighted by atomic mass is 19.4. The Bertz CT molecular complexity index is 508. The van der Waals surface area contributed by atoms with Gasteiger partial charge in [0, 0.05) is 20.3 Å². The number of methoxy groups -OCH3 is 1. The molecule has 0 unspecified atom stereocenters. The molecular formula is C15H21F3N2O2. The van der Waals surface area contributed by atoms with Crippen LogP contribution in [0.15, 0.2) is 29.4 Å². The monoisotopic (exact) mass is 320 g/mol. The molecule has 4 nitrogen and oxygen atoms in total. The van der Waals surface area contributed by atoms with Gasteiger partial charge in [-0.2, -0.15) is 13.2 Å². The first kappa shape index (κ1) is 15.3. The van der Waals surface area contributed by atoms with Gasteiger partial charge in [0.05, 0.1) is 11.3 Å². The summed E-state index contributed by atoms with van der Waals surface area (Å²) in [5, 5.41) is 3.96. The van der Waals surface area contributed by atoms with Crippen LogP contribution in [0.25, 0.3) is 0 Å². The van der Waals surface area contributed by atoms with Crippen LogP contribution in [0.2, 0.25) is 2.82 Å².